The van der Waals surface area contributed by atoms with Crippen LogP contribution in [-0.2, 0) is 4.74 Å². The highest BCUT2D eigenvalue weighted by Gasteiger charge is 2.24. The van der Waals surface area contributed by atoms with Gasteiger partial charge < -0.3 is 9.47 Å². The van der Waals surface area contributed by atoms with Gasteiger partial charge in [0.2, 0.25) is 0 Å². The first-order valence-corrected chi connectivity index (χ1v) is 7.75. The van der Waals surface area contributed by atoms with Crippen LogP contribution in [0.25, 0.3) is 20.2 Å². The van der Waals surface area contributed by atoms with Crippen LogP contribution in [-0.4, -0.2) is 19.3 Å². The lowest BCUT2D eigenvalue weighted by atomic mass is 10.1. The van der Waals surface area contributed by atoms with Gasteiger partial charge in [-0.3, -0.25) is 4.79 Å². The third kappa shape index (κ3) is 2.20. The average Bonchev–Trinajstić information content (AvgIpc) is 3.31. The molecule has 21 heavy (non-hydrogen) atoms. The van der Waals surface area contributed by atoms with Crippen LogP contribution in [0.5, 0.6) is 5.75 Å². The Balaban J connectivity index is 1.99. The molecule has 0 radical (unpaired) electrons. The zero-order valence-corrected chi connectivity index (χ0v) is 12.4. The van der Waals surface area contributed by atoms with E-state index in [4.69, 9.17) is 9.47 Å². The largest absolute Gasteiger partial charge is 0.490 e. The molecular weight excluding hydrogens is 284 g/mol. The van der Waals surface area contributed by atoms with Crippen molar-refractivity contribution in [3.63, 3.8) is 0 Å². The molecule has 0 bridgehead atoms. The van der Waals surface area contributed by atoms with Gasteiger partial charge in [-0.1, -0.05) is 18.2 Å². The normalized spacial score (nSPS) is 17.3. The fourth-order valence-corrected chi connectivity index (χ4v) is 3.57. The molecule has 1 atom stereocenters. The van der Waals surface area contributed by atoms with Gasteiger partial charge in [0.25, 0.3) is 0 Å². The summed E-state index contributed by atoms with van der Waals surface area (Å²) in [5, 5.41) is 1.45. The third-order valence-corrected chi connectivity index (χ3v) is 4.85. The second-order valence-corrected chi connectivity index (χ2v) is 6.36. The van der Waals surface area contributed by atoms with Crippen molar-refractivity contribution in [2.45, 2.75) is 13.0 Å². The maximum Gasteiger partial charge on any atom is 0.199 e. The first-order chi connectivity index (χ1) is 10.2. The summed E-state index contributed by atoms with van der Waals surface area (Å²) in [7, 11) is 0. The molecule has 2 aromatic carbocycles. The second kappa shape index (κ2) is 4.83. The Hall–Kier alpha value is -1.91. The van der Waals surface area contributed by atoms with Gasteiger partial charge in [-0.2, -0.15) is 0 Å². The number of rotatable bonds is 3. The number of hydrogen-bond acceptors (Lipinski definition) is 4. The first kappa shape index (κ1) is 12.8. The van der Waals surface area contributed by atoms with E-state index in [1.54, 1.807) is 11.3 Å². The lowest BCUT2D eigenvalue weighted by Gasteiger charge is -2.11. The highest BCUT2D eigenvalue weighted by molar-refractivity contribution is 7.24. The Labute approximate surface area is 125 Å². The van der Waals surface area contributed by atoms with Crippen molar-refractivity contribution >= 4 is 31.5 Å². The molecule has 4 rings (SSSR count). The van der Waals surface area contributed by atoms with Crippen LogP contribution in [0, 0.1) is 6.92 Å². The molecule has 0 aliphatic carbocycles. The van der Waals surface area contributed by atoms with Gasteiger partial charge in [-0.15, -0.1) is 11.3 Å². The molecule has 1 aliphatic heterocycles. The van der Waals surface area contributed by atoms with Crippen molar-refractivity contribution in [2.75, 3.05) is 13.2 Å². The van der Waals surface area contributed by atoms with E-state index in [1.807, 2.05) is 43.3 Å². The highest BCUT2D eigenvalue weighted by Crippen LogP contribution is 2.33. The lowest BCUT2D eigenvalue weighted by Crippen LogP contribution is -2.09. The summed E-state index contributed by atoms with van der Waals surface area (Å²) >= 11 is 1.63. The topological polar surface area (TPSA) is 38.8 Å². The van der Waals surface area contributed by atoms with Crippen LogP contribution in [0.3, 0.4) is 0 Å². The fourth-order valence-electron chi connectivity index (χ4n) is 2.49. The molecule has 0 saturated carbocycles. The third-order valence-electron chi connectivity index (χ3n) is 3.71. The summed E-state index contributed by atoms with van der Waals surface area (Å²) in [5.74, 6) is 0.704. The Morgan fingerprint density at radius 2 is 2.05 bits per heavy atom. The molecule has 1 fully saturated rings. The Bertz CT molecular complexity index is 894. The molecule has 1 saturated heterocycles. The number of hydrogen-bond donors (Lipinski definition) is 0. The SMILES string of the molecule is Cc1ccc2sc3ccccc3c(=O)c2c1OCC1CO1. The van der Waals surface area contributed by atoms with Crippen LogP contribution in [0.2, 0.25) is 0 Å². The molecule has 3 aromatic rings. The zero-order chi connectivity index (χ0) is 14.4. The van der Waals surface area contributed by atoms with E-state index in [-0.39, 0.29) is 11.5 Å². The van der Waals surface area contributed by atoms with Crippen LogP contribution >= 0.6 is 11.3 Å². The molecule has 0 N–H and O–H groups in total. The van der Waals surface area contributed by atoms with Crippen molar-refractivity contribution in [1.29, 1.82) is 0 Å². The maximum atomic E-state index is 12.8. The van der Waals surface area contributed by atoms with Crippen LogP contribution in [0.4, 0.5) is 0 Å². The Morgan fingerprint density at radius 1 is 1.24 bits per heavy atom. The number of aryl methyl sites for hydroxylation is 1. The summed E-state index contributed by atoms with van der Waals surface area (Å²) in [6.07, 6.45) is 0.180. The smallest absolute Gasteiger partial charge is 0.199 e. The summed E-state index contributed by atoms with van der Waals surface area (Å²) < 4.78 is 13.0. The van der Waals surface area contributed by atoms with E-state index in [9.17, 15) is 4.79 Å². The highest BCUT2D eigenvalue weighted by atomic mass is 32.1. The van der Waals surface area contributed by atoms with E-state index < -0.39 is 0 Å². The summed E-state index contributed by atoms with van der Waals surface area (Å²) in [6.45, 7) is 3.23. The van der Waals surface area contributed by atoms with Gasteiger partial charge in [0, 0.05) is 14.8 Å². The molecule has 2 heterocycles. The molecule has 1 aliphatic rings. The van der Waals surface area contributed by atoms with Gasteiger partial charge in [-0.05, 0) is 30.7 Å². The summed E-state index contributed by atoms with van der Waals surface area (Å²) in [4.78, 5) is 12.8. The molecule has 0 spiro atoms. The van der Waals surface area contributed by atoms with E-state index in [2.05, 4.69) is 0 Å². The van der Waals surface area contributed by atoms with Crippen molar-refractivity contribution < 1.29 is 9.47 Å². The lowest BCUT2D eigenvalue weighted by molar-refractivity contribution is 0.264. The molecular formula is C17H14O3S. The van der Waals surface area contributed by atoms with E-state index in [0.717, 1.165) is 27.0 Å². The molecule has 1 aromatic heterocycles. The average molecular weight is 298 g/mol. The van der Waals surface area contributed by atoms with Gasteiger partial charge in [0.1, 0.15) is 18.5 Å². The Morgan fingerprint density at radius 3 is 2.86 bits per heavy atom. The minimum atomic E-state index is 0.0507. The van der Waals surface area contributed by atoms with Crippen molar-refractivity contribution in [3.8, 4) is 5.75 Å². The van der Waals surface area contributed by atoms with Crippen LogP contribution < -0.4 is 10.2 Å². The monoisotopic (exact) mass is 298 g/mol. The molecule has 3 nitrogen and oxygen atoms in total. The fraction of sp³-hybridized carbons (Fsp3) is 0.235. The van der Waals surface area contributed by atoms with E-state index >= 15 is 0 Å². The molecule has 4 heteroatoms. The number of benzene rings is 2. The number of epoxide rings is 1. The predicted octanol–water partition coefficient (Wildman–Crippen LogP) is 3.50. The van der Waals surface area contributed by atoms with Gasteiger partial charge in [0.15, 0.2) is 5.43 Å². The second-order valence-electron chi connectivity index (χ2n) is 5.28. The zero-order valence-electron chi connectivity index (χ0n) is 11.6. The first-order valence-electron chi connectivity index (χ1n) is 6.93. The van der Waals surface area contributed by atoms with Crippen molar-refractivity contribution in [1.82, 2.24) is 0 Å². The molecule has 0 amide bonds. The predicted molar refractivity (Wildman–Crippen MR) is 85.6 cm³/mol. The van der Waals surface area contributed by atoms with Crippen molar-refractivity contribution in [3.05, 3.63) is 52.2 Å². The summed E-state index contributed by atoms with van der Waals surface area (Å²) in [5.41, 5.74) is 1.04. The van der Waals surface area contributed by atoms with Crippen LogP contribution in [0.1, 0.15) is 5.56 Å². The van der Waals surface area contributed by atoms with E-state index in [0.29, 0.717) is 17.7 Å². The number of ether oxygens (including phenoxy) is 2. The van der Waals surface area contributed by atoms with Crippen LogP contribution in [0.15, 0.2) is 41.2 Å². The minimum absolute atomic E-state index is 0.0507. The van der Waals surface area contributed by atoms with Crippen molar-refractivity contribution in [2.24, 2.45) is 0 Å². The summed E-state index contributed by atoms with van der Waals surface area (Å²) in [6, 6.07) is 11.7. The quantitative estimate of drug-likeness (QED) is 0.549. The maximum absolute atomic E-state index is 12.8. The molecule has 106 valence electrons. The van der Waals surface area contributed by atoms with Gasteiger partial charge in [-0.25, -0.2) is 0 Å². The minimum Gasteiger partial charge on any atom is -0.490 e. The van der Waals surface area contributed by atoms with E-state index in [1.165, 1.54) is 0 Å². The van der Waals surface area contributed by atoms with Gasteiger partial charge in [0.05, 0.1) is 12.0 Å². The Kier molecular flexibility index (Phi) is 2.94. The molecule has 1 unspecified atom stereocenters. The van der Waals surface area contributed by atoms with Gasteiger partial charge >= 0.3 is 0 Å². The standard InChI is InChI=1S/C17H14O3S/c1-10-6-7-14-15(17(10)20-9-11-8-19-11)16(18)12-4-2-3-5-13(12)21-14/h2-7,11H,8-9H2,1H3. The number of fused-ring (bicyclic) bond motifs is 2.